The number of hydrogen-bond acceptors (Lipinski definition) is 4. The Morgan fingerprint density at radius 2 is 1.81 bits per heavy atom. The van der Waals surface area contributed by atoms with Crippen molar-refractivity contribution in [2.45, 2.75) is 33.8 Å². The summed E-state index contributed by atoms with van der Waals surface area (Å²) >= 11 is 0. The molecule has 0 aliphatic carbocycles. The van der Waals surface area contributed by atoms with Gasteiger partial charge >= 0.3 is 5.69 Å². The molecule has 21 heavy (non-hydrogen) atoms. The lowest BCUT2D eigenvalue weighted by atomic mass is 10.2. The van der Waals surface area contributed by atoms with Crippen molar-refractivity contribution in [2.75, 3.05) is 5.43 Å². The average molecular weight is 289 g/mol. The lowest BCUT2D eigenvalue weighted by molar-refractivity contribution is -0.385. The molecule has 0 bridgehead atoms. The van der Waals surface area contributed by atoms with Gasteiger partial charge in [-0.25, -0.2) is 0 Å². The molecule has 1 N–H and O–H groups in total. The largest absolute Gasteiger partial charge is 0.484 e. The van der Waals surface area contributed by atoms with Gasteiger partial charge in [-0.05, 0) is 52.0 Å². The lowest BCUT2D eigenvalue weighted by Crippen LogP contribution is -2.14. The molecule has 6 nitrogen and oxygen atoms in total. The van der Waals surface area contributed by atoms with Gasteiger partial charge in [-0.2, -0.15) is 0 Å². The normalized spacial score (nSPS) is 10.7. The summed E-state index contributed by atoms with van der Waals surface area (Å²) in [4.78, 5) is 11.0. The van der Waals surface area contributed by atoms with Crippen LogP contribution in [-0.2, 0) is 0 Å². The van der Waals surface area contributed by atoms with E-state index in [0.717, 1.165) is 11.4 Å². The Morgan fingerprint density at radius 3 is 2.33 bits per heavy atom. The number of para-hydroxylation sites is 1. The van der Waals surface area contributed by atoms with Gasteiger partial charge in [-0.15, -0.1) is 0 Å². The maximum atomic E-state index is 11.4. The third-order valence-electron chi connectivity index (χ3n) is 3.05. The summed E-state index contributed by atoms with van der Waals surface area (Å²) in [5, 5.41) is 11.4. The van der Waals surface area contributed by atoms with Gasteiger partial charge in [0.15, 0.2) is 5.75 Å². The SMILES string of the molecule is Cc1ccc(C)n1Nc1cccc(OC(C)C)c1[N+](=O)[O-]. The lowest BCUT2D eigenvalue weighted by Gasteiger charge is -2.15. The molecular weight excluding hydrogens is 270 g/mol. The standard InChI is InChI=1S/C15H19N3O3/c1-10(2)21-14-7-5-6-13(15(14)18(19)20)16-17-11(3)8-9-12(17)4/h5-10,16H,1-4H3. The number of aromatic nitrogens is 1. The second-order valence-corrected chi connectivity index (χ2v) is 5.14. The Balaban J connectivity index is 2.46. The Morgan fingerprint density at radius 1 is 1.19 bits per heavy atom. The molecule has 1 heterocycles. The van der Waals surface area contributed by atoms with E-state index in [0.29, 0.717) is 5.69 Å². The van der Waals surface area contributed by atoms with E-state index in [4.69, 9.17) is 4.74 Å². The van der Waals surface area contributed by atoms with Crippen LogP contribution in [0.25, 0.3) is 0 Å². The monoisotopic (exact) mass is 289 g/mol. The fraction of sp³-hybridized carbons (Fsp3) is 0.333. The van der Waals surface area contributed by atoms with Gasteiger partial charge in [-0.3, -0.25) is 20.2 Å². The van der Waals surface area contributed by atoms with Crippen LogP contribution in [-0.4, -0.2) is 15.7 Å². The maximum Gasteiger partial charge on any atom is 0.335 e. The van der Waals surface area contributed by atoms with E-state index < -0.39 is 4.92 Å². The molecule has 2 rings (SSSR count). The minimum absolute atomic E-state index is 0.0568. The zero-order valence-corrected chi connectivity index (χ0v) is 12.6. The molecule has 0 atom stereocenters. The molecule has 0 fully saturated rings. The third-order valence-corrected chi connectivity index (χ3v) is 3.05. The first-order chi connectivity index (χ1) is 9.90. The van der Waals surface area contributed by atoms with Crippen LogP contribution >= 0.6 is 0 Å². The van der Waals surface area contributed by atoms with Gasteiger partial charge in [0.05, 0.1) is 11.0 Å². The fourth-order valence-electron chi connectivity index (χ4n) is 2.12. The molecule has 1 aromatic heterocycles. The molecular formula is C15H19N3O3. The van der Waals surface area contributed by atoms with Crippen molar-refractivity contribution in [3.8, 4) is 5.75 Å². The molecule has 6 heteroatoms. The molecule has 112 valence electrons. The van der Waals surface area contributed by atoms with Crippen LogP contribution in [0.1, 0.15) is 25.2 Å². The summed E-state index contributed by atoms with van der Waals surface area (Å²) < 4.78 is 7.34. The second-order valence-electron chi connectivity index (χ2n) is 5.14. The summed E-state index contributed by atoms with van der Waals surface area (Å²) in [7, 11) is 0. The zero-order chi connectivity index (χ0) is 15.6. The van der Waals surface area contributed by atoms with Crippen LogP contribution in [0.2, 0.25) is 0 Å². The molecule has 2 aromatic rings. The Labute approximate surface area is 123 Å². The summed E-state index contributed by atoms with van der Waals surface area (Å²) in [6, 6.07) is 8.91. The first-order valence-electron chi connectivity index (χ1n) is 6.76. The number of hydrogen-bond donors (Lipinski definition) is 1. The van der Waals surface area contributed by atoms with Crippen LogP contribution in [0.15, 0.2) is 30.3 Å². The summed E-state index contributed by atoms with van der Waals surface area (Å²) in [6.07, 6.45) is -0.131. The van der Waals surface area contributed by atoms with Crippen LogP contribution in [0, 0.1) is 24.0 Å². The number of nitro groups is 1. The summed E-state index contributed by atoms with van der Waals surface area (Å²) in [6.45, 7) is 7.54. The van der Waals surface area contributed by atoms with Crippen LogP contribution in [0.3, 0.4) is 0 Å². The van der Waals surface area contributed by atoms with Crippen molar-refractivity contribution in [2.24, 2.45) is 0 Å². The molecule has 0 spiro atoms. The van der Waals surface area contributed by atoms with E-state index in [-0.39, 0.29) is 17.5 Å². The van der Waals surface area contributed by atoms with Crippen molar-refractivity contribution in [1.29, 1.82) is 0 Å². The Bertz CT molecular complexity index is 643. The van der Waals surface area contributed by atoms with Gasteiger partial charge in [0, 0.05) is 11.4 Å². The highest BCUT2D eigenvalue weighted by Crippen LogP contribution is 2.35. The first-order valence-corrected chi connectivity index (χ1v) is 6.76. The molecule has 0 saturated carbocycles. The third kappa shape index (κ3) is 3.16. The van der Waals surface area contributed by atoms with Crippen molar-refractivity contribution in [3.63, 3.8) is 0 Å². The van der Waals surface area contributed by atoms with E-state index >= 15 is 0 Å². The number of ether oxygens (including phenoxy) is 1. The smallest absolute Gasteiger partial charge is 0.335 e. The van der Waals surface area contributed by atoms with E-state index in [1.165, 1.54) is 0 Å². The van der Waals surface area contributed by atoms with Gasteiger partial charge in [-0.1, -0.05) is 6.07 Å². The molecule has 0 aliphatic rings. The van der Waals surface area contributed by atoms with Crippen molar-refractivity contribution < 1.29 is 9.66 Å². The number of nitro benzene ring substituents is 1. The molecule has 0 amide bonds. The van der Waals surface area contributed by atoms with Crippen molar-refractivity contribution in [3.05, 3.63) is 51.8 Å². The van der Waals surface area contributed by atoms with Gasteiger partial charge in [0.1, 0.15) is 5.69 Å². The first kappa shape index (κ1) is 14.9. The molecule has 0 aliphatic heterocycles. The quantitative estimate of drug-likeness (QED) is 0.673. The van der Waals surface area contributed by atoms with Gasteiger partial charge in [0.25, 0.3) is 0 Å². The van der Waals surface area contributed by atoms with Gasteiger partial charge < -0.3 is 4.74 Å². The number of benzene rings is 1. The highest BCUT2D eigenvalue weighted by molar-refractivity contribution is 5.68. The minimum atomic E-state index is -0.422. The molecule has 0 unspecified atom stereocenters. The average Bonchev–Trinajstić information content (AvgIpc) is 2.69. The highest BCUT2D eigenvalue weighted by atomic mass is 16.6. The molecule has 0 radical (unpaired) electrons. The van der Waals surface area contributed by atoms with Crippen LogP contribution < -0.4 is 10.2 Å². The summed E-state index contributed by atoms with van der Waals surface area (Å²) in [5.41, 5.74) is 5.36. The number of aryl methyl sites for hydroxylation is 2. The van der Waals surface area contributed by atoms with Crippen LogP contribution in [0.5, 0.6) is 5.75 Å². The molecule has 0 saturated heterocycles. The molecule has 1 aromatic carbocycles. The predicted octanol–water partition coefficient (Wildman–Crippen LogP) is 3.68. The van der Waals surface area contributed by atoms with E-state index in [1.807, 2.05) is 44.5 Å². The second kappa shape index (κ2) is 5.87. The van der Waals surface area contributed by atoms with Crippen molar-refractivity contribution >= 4 is 11.4 Å². The topological polar surface area (TPSA) is 69.3 Å². The maximum absolute atomic E-state index is 11.4. The van der Waals surface area contributed by atoms with Gasteiger partial charge in [0.2, 0.25) is 0 Å². The van der Waals surface area contributed by atoms with Crippen molar-refractivity contribution in [1.82, 2.24) is 4.68 Å². The fourth-order valence-corrected chi connectivity index (χ4v) is 2.12. The highest BCUT2D eigenvalue weighted by Gasteiger charge is 2.22. The summed E-state index contributed by atoms with van der Waals surface area (Å²) in [5.74, 6) is 0.266. The van der Waals surface area contributed by atoms with E-state index in [2.05, 4.69) is 5.43 Å². The Hall–Kier alpha value is -2.50. The zero-order valence-electron chi connectivity index (χ0n) is 12.6. The minimum Gasteiger partial charge on any atom is -0.484 e. The number of anilines is 1. The predicted molar refractivity (Wildman–Crippen MR) is 81.8 cm³/mol. The number of rotatable bonds is 5. The number of nitrogens with one attached hydrogen (secondary N) is 1. The Kier molecular flexibility index (Phi) is 4.16. The van der Waals surface area contributed by atoms with E-state index in [1.54, 1.807) is 18.2 Å². The number of nitrogens with zero attached hydrogens (tertiary/aromatic N) is 2. The van der Waals surface area contributed by atoms with Crippen LogP contribution in [0.4, 0.5) is 11.4 Å². The van der Waals surface area contributed by atoms with E-state index in [9.17, 15) is 10.1 Å².